The number of hydrogen-bond acceptors (Lipinski definition) is 7. The molecule has 4 rings (SSSR count). The van der Waals surface area contributed by atoms with Crippen molar-refractivity contribution in [1.29, 1.82) is 0 Å². The summed E-state index contributed by atoms with van der Waals surface area (Å²) in [6.45, 7) is 9.64. The highest BCUT2D eigenvalue weighted by atomic mass is 16.5. The SMILES string of the molecule is CC(C)C1COC(c2cc(Oc3ccc(N)cc3)cc(C3=NC(C(C)C)CO3)n2)=N1. The van der Waals surface area contributed by atoms with Gasteiger partial charge in [0.1, 0.15) is 36.1 Å². The van der Waals surface area contributed by atoms with Crippen molar-refractivity contribution >= 4 is 17.5 Å². The molecule has 0 fully saturated rings. The second-order valence-electron chi connectivity index (χ2n) is 8.36. The zero-order valence-electron chi connectivity index (χ0n) is 17.8. The Labute approximate surface area is 177 Å². The lowest BCUT2D eigenvalue weighted by Gasteiger charge is -2.10. The van der Waals surface area contributed by atoms with Crippen LogP contribution in [-0.4, -0.2) is 42.1 Å². The number of rotatable bonds is 6. The van der Waals surface area contributed by atoms with Gasteiger partial charge < -0.3 is 19.9 Å². The molecule has 1 aromatic carbocycles. The molecule has 2 aromatic rings. The molecule has 0 amide bonds. The van der Waals surface area contributed by atoms with Gasteiger partial charge in [0.25, 0.3) is 0 Å². The molecule has 3 heterocycles. The minimum atomic E-state index is 0.123. The molecule has 30 heavy (non-hydrogen) atoms. The number of nitrogen functional groups attached to an aromatic ring is 1. The number of pyridine rings is 1. The summed E-state index contributed by atoms with van der Waals surface area (Å²) in [7, 11) is 0. The van der Waals surface area contributed by atoms with E-state index < -0.39 is 0 Å². The molecule has 2 unspecified atom stereocenters. The van der Waals surface area contributed by atoms with Crippen LogP contribution in [0.5, 0.6) is 11.5 Å². The van der Waals surface area contributed by atoms with Crippen molar-refractivity contribution < 1.29 is 14.2 Å². The molecule has 2 N–H and O–H groups in total. The topological polar surface area (TPSA) is 91.3 Å². The number of nitrogens with zero attached hydrogens (tertiary/aromatic N) is 3. The summed E-state index contributed by atoms with van der Waals surface area (Å²) in [6.07, 6.45) is 0. The van der Waals surface area contributed by atoms with Crippen LogP contribution in [0.2, 0.25) is 0 Å². The van der Waals surface area contributed by atoms with E-state index in [1.165, 1.54) is 0 Å². The van der Waals surface area contributed by atoms with Gasteiger partial charge in [-0.3, -0.25) is 0 Å². The second kappa shape index (κ2) is 8.34. The molecule has 0 aliphatic carbocycles. The molecule has 158 valence electrons. The summed E-state index contributed by atoms with van der Waals surface area (Å²) in [5.41, 5.74) is 7.68. The molecule has 0 radical (unpaired) electrons. The van der Waals surface area contributed by atoms with Crippen molar-refractivity contribution in [1.82, 2.24) is 4.98 Å². The Morgan fingerprint density at radius 2 is 1.33 bits per heavy atom. The zero-order valence-corrected chi connectivity index (χ0v) is 17.8. The maximum atomic E-state index is 6.07. The van der Waals surface area contributed by atoms with Crippen molar-refractivity contribution in [3.8, 4) is 11.5 Å². The number of ether oxygens (including phenoxy) is 3. The summed E-state index contributed by atoms with van der Waals surface area (Å²) in [5.74, 6) is 3.12. The highest BCUT2D eigenvalue weighted by Gasteiger charge is 2.27. The van der Waals surface area contributed by atoms with Crippen molar-refractivity contribution in [3.63, 3.8) is 0 Å². The maximum absolute atomic E-state index is 6.07. The van der Waals surface area contributed by atoms with Gasteiger partial charge in [-0.15, -0.1) is 0 Å². The first kappa shape index (κ1) is 20.2. The molecule has 2 aliphatic heterocycles. The maximum Gasteiger partial charge on any atom is 0.235 e. The molecule has 0 saturated heterocycles. The fourth-order valence-electron chi connectivity index (χ4n) is 3.20. The van der Waals surface area contributed by atoms with Gasteiger partial charge >= 0.3 is 0 Å². The van der Waals surface area contributed by atoms with E-state index in [0.29, 0.717) is 65.4 Å². The van der Waals surface area contributed by atoms with E-state index in [4.69, 9.17) is 34.9 Å². The van der Waals surface area contributed by atoms with Gasteiger partial charge in [-0.05, 0) is 36.1 Å². The highest BCUT2D eigenvalue weighted by molar-refractivity contribution is 5.98. The molecule has 2 atom stereocenters. The number of anilines is 1. The number of benzene rings is 1. The van der Waals surface area contributed by atoms with E-state index in [9.17, 15) is 0 Å². The Balaban J connectivity index is 1.70. The number of hydrogen-bond donors (Lipinski definition) is 1. The quantitative estimate of drug-likeness (QED) is 0.728. The van der Waals surface area contributed by atoms with E-state index >= 15 is 0 Å². The molecule has 7 nitrogen and oxygen atoms in total. The Morgan fingerprint density at radius 1 is 0.833 bits per heavy atom. The molecule has 0 saturated carbocycles. The van der Waals surface area contributed by atoms with Crippen LogP contribution in [0.25, 0.3) is 0 Å². The van der Waals surface area contributed by atoms with Gasteiger partial charge in [0.15, 0.2) is 0 Å². The first-order valence-electron chi connectivity index (χ1n) is 10.4. The van der Waals surface area contributed by atoms with Crippen LogP contribution in [0.1, 0.15) is 39.1 Å². The zero-order chi connectivity index (χ0) is 21.3. The van der Waals surface area contributed by atoms with Crippen LogP contribution in [0.4, 0.5) is 5.69 Å². The summed E-state index contributed by atoms with van der Waals surface area (Å²) >= 11 is 0. The lowest BCUT2D eigenvalue weighted by Crippen LogP contribution is -2.13. The van der Waals surface area contributed by atoms with Gasteiger partial charge in [-0.1, -0.05) is 27.7 Å². The summed E-state index contributed by atoms with van der Waals surface area (Å²) in [6, 6.07) is 11.2. The monoisotopic (exact) mass is 408 g/mol. The van der Waals surface area contributed by atoms with Crippen LogP contribution in [-0.2, 0) is 9.47 Å². The normalized spacial score (nSPS) is 20.7. The molecule has 0 spiro atoms. The molecule has 0 bridgehead atoms. The van der Waals surface area contributed by atoms with E-state index in [-0.39, 0.29) is 12.1 Å². The minimum Gasteiger partial charge on any atom is -0.474 e. The fraction of sp³-hybridized carbons (Fsp3) is 0.435. The number of aliphatic imine (C=N–C) groups is 2. The van der Waals surface area contributed by atoms with Crippen LogP contribution in [0, 0.1) is 11.8 Å². The summed E-state index contributed by atoms with van der Waals surface area (Å²) < 4.78 is 17.8. The average Bonchev–Trinajstić information content (AvgIpc) is 3.40. The van der Waals surface area contributed by atoms with Gasteiger partial charge in [-0.2, -0.15) is 0 Å². The smallest absolute Gasteiger partial charge is 0.235 e. The predicted octanol–water partition coefficient (Wildman–Crippen LogP) is 4.06. The Morgan fingerprint density at radius 3 is 1.77 bits per heavy atom. The van der Waals surface area contributed by atoms with Crippen molar-refractivity contribution in [3.05, 3.63) is 47.8 Å². The van der Waals surface area contributed by atoms with Crippen molar-refractivity contribution in [2.75, 3.05) is 18.9 Å². The Hall–Kier alpha value is -3.09. The number of aromatic nitrogens is 1. The molecule has 2 aliphatic rings. The van der Waals surface area contributed by atoms with Crippen molar-refractivity contribution in [2.45, 2.75) is 39.8 Å². The lowest BCUT2D eigenvalue weighted by molar-refractivity contribution is 0.290. The molecular formula is C23H28N4O3. The van der Waals surface area contributed by atoms with Gasteiger partial charge in [0.05, 0.1) is 12.1 Å². The third-order valence-corrected chi connectivity index (χ3v) is 5.24. The lowest BCUT2D eigenvalue weighted by atomic mass is 10.1. The van der Waals surface area contributed by atoms with E-state index in [1.54, 1.807) is 12.1 Å². The van der Waals surface area contributed by atoms with Gasteiger partial charge in [0.2, 0.25) is 11.8 Å². The van der Waals surface area contributed by atoms with Crippen LogP contribution in [0.15, 0.2) is 46.4 Å². The summed E-state index contributed by atoms with van der Waals surface area (Å²) in [4.78, 5) is 14.1. The second-order valence-corrected chi connectivity index (χ2v) is 8.36. The third-order valence-electron chi connectivity index (χ3n) is 5.24. The fourth-order valence-corrected chi connectivity index (χ4v) is 3.20. The standard InChI is InChI=1S/C23H28N4O3/c1-13(2)20-11-28-22(26-20)18-9-17(30-16-7-5-15(24)6-8-16)10-19(25-18)23-27-21(12-29-23)14(3)4/h5-10,13-14,20-21H,11-12,24H2,1-4H3. The highest BCUT2D eigenvalue weighted by Crippen LogP contribution is 2.27. The van der Waals surface area contributed by atoms with E-state index in [0.717, 1.165) is 0 Å². The first-order valence-corrected chi connectivity index (χ1v) is 10.4. The van der Waals surface area contributed by atoms with E-state index in [2.05, 4.69) is 27.7 Å². The minimum absolute atomic E-state index is 0.123. The van der Waals surface area contributed by atoms with Crippen molar-refractivity contribution in [2.24, 2.45) is 21.8 Å². The Kier molecular flexibility index (Phi) is 5.61. The van der Waals surface area contributed by atoms with Crippen LogP contribution >= 0.6 is 0 Å². The molecule has 1 aromatic heterocycles. The third kappa shape index (κ3) is 4.40. The first-order chi connectivity index (χ1) is 14.4. The summed E-state index contributed by atoms with van der Waals surface area (Å²) in [5, 5.41) is 0. The largest absolute Gasteiger partial charge is 0.474 e. The average molecular weight is 409 g/mol. The van der Waals surface area contributed by atoms with Gasteiger partial charge in [-0.25, -0.2) is 15.0 Å². The number of nitrogens with two attached hydrogens (primary N) is 1. The predicted molar refractivity (Wildman–Crippen MR) is 117 cm³/mol. The molecular weight excluding hydrogens is 380 g/mol. The van der Waals surface area contributed by atoms with E-state index in [1.807, 2.05) is 24.3 Å². The van der Waals surface area contributed by atoms with Gasteiger partial charge in [0, 0.05) is 17.8 Å². The molecule has 7 heteroatoms. The Bertz CT molecular complexity index is 915. The van der Waals surface area contributed by atoms with Crippen LogP contribution in [0.3, 0.4) is 0 Å². The van der Waals surface area contributed by atoms with Crippen LogP contribution < -0.4 is 10.5 Å².